The molecule has 3 heterocycles. The minimum Gasteiger partial charge on any atom is -0.484 e. The zero-order valence-corrected chi connectivity index (χ0v) is 32.9. The first-order chi connectivity index (χ1) is 25.1. The molecule has 1 aromatic carbocycles. The first-order valence-corrected chi connectivity index (χ1v) is 19.0. The summed E-state index contributed by atoms with van der Waals surface area (Å²) in [5, 5.41) is 9.52. The molecule has 1 aliphatic heterocycles. The van der Waals surface area contributed by atoms with E-state index in [-0.39, 0.29) is 30.7 Å². The number of benzene rings is 1. The Kier molecular flexibility index (Phi) is 10.9. The maximum atomic E-state index is 14.6. The Bertz CT molecular complexity index is 2050. The summed E-state index contributed by atoms with van der Waals surface area (Å²) >= 11 is 0. The Labute approximate surface area is 315 Å². The van der Waals surface area contributed by atoms with Crippen molar-refractivity contribution in [2.75, 3.05) is 20.6 Å². The van der Waals surface area contributed by atoms with Gasteiger partial charge in [-0.05, 0) is 39.5 Å². The zero-order chi connectivity index (χ0) is 40.0. The lowest BCUT2D eigenvalue weighted by Crippen LogP contribution is -2.60. The molecule has 5 atom stereocenters. The van der Waals surface area contributed by atoms with Gasteiger partial charge in [-0.1, -0.05) is 62.3 Å². The van der Waals surface area contributed by atoms with Crippen LogP contribution in [0.3, 0.4) is 0 Å². The number of carbonyl (C=O) groups is 4. The second-order valence-electron chi connectivity index (χ2n) is 16.0. The summed E-state index contributed by atoms with van der Waals surface area (Å²) in [7, 11) is -1.67. The van der Waals surface area contributed by atoms with Crippen molar-refractivity contribution in [3.63, 3.8) is 0 Å². The van der Waals surface area contributed by atoms with E-state index in [1.807, 2.05) is 35.1 Å². The molecule has 2 aromatic heterocycles. The Morgan fingerprint density at radius 2 is 1.78 bits per heavy atom. The molecule has 1 saturated carbocycles. The molecule has 0 radical (unpaired) electrons. The highest BCUT2D eigenvalue weighted by molar-refractivity contribution is 7.87. The Balaban J connectivity index is 1.50. The fraction of sp³-hybridized carbons (Fsp3) is 0.514. The van der Waals surface area contributed by atoms with E-state index in [2.05, 4.69) is 22.4 Å². The van der Waals surface area contributed by atoms with Crippen LogP contribution in [0.2, 0.25) is 0 Å². The average Bonchev–Trinajstić information content (AvgIpc) is 3.41. The third kappa shape index (κ3) is 8.51. The number of ether oxygens (including phenoxy) is 2. The number of hydrogen-bond acceptors (Lipinski definition) is 11. The van der Waals surface area contributed by atoms with Crippen LogP contribution in [-0.2, 0) is 29.3 Å². The van der Waals surface area contributed by atoms with E-state index in [0.29, 0.717) is 16.9 Å². The van der Waals surface area contributed by atoms with Crippen molar-refractivity contribution in [2.45, 2.75) is 90.6 Å². The average molecular weight is 768 g/mol. The van der Waals surface area contributed by atoms with Gasteiger partial charge in [0.2, 0.25) is 17.4 Å². The van der Waals surface area contributed by atoms with Crippen LogP contribution in [0.25, 0.3) is 22.4 Å². The monoisotopic (exact) mass is 767 g/mol. The largest absolute Gasteiger partial charge is 0.484 e. The normalized spacial score (nSPS) is 22.0. The minimum absolute atomic E-state index is 0.0368. The molecule has 3 aromatic rings. The number of carbonyl (C=O) groups excluding carboxylic acids is 4. The van der Waals surface area contributed by atoms with Crippen molar-refractivity contribution < 1.29 is 41.6 Å². The van der Waals surface area contributed by atoms with Crippen molar-refractivity contribution in [3.05, 3.63) is 54.7 Å². The number of likely N-dealkylation sites (tertiary alicyclic amines) is 1. The van der Waals surface area contributed by atoms with E-state index in [1.165, 1.54) is 25.1 Å². The summed E-state index contributed by atoms with van der Waals surface area (Å²) in [6.07, 6.45) is -0.0961. The lowest BCUT2D eigenvalue weighted by Gasteiger charge is -2.36. The van der Waals surface area contributed by atoms with Gasteiger partial charge in [-0.15, -0.1) is 6.58 Å². The summed E-state index contributed by atoms with van der Waals surface area (Å²) < 4.78 is 45.6. The fourth-order valence-electron chi connectivity index (χ4n) is 6.28. The summed E-state index contributed by atoms with van der Waals surface area (Å²) in [5.74, 6) is -2.55. The topological polar surface area (TPSA) is 202 Å². The molecule has 0 unspecified atom stereocenters. The van der Waals surface area contributed by atoms with Crippen LogP contribution in [-0.4, -0.2) is 102 Å². The van der Waals surface area contributed by atoms with Crippen molar-refractivity contribution in [1.82, 2.24) is 34.7 Å². The maximum absolute atomic E-state index is 14.6. The number of aryl methyl sites for hydroxylation is 1. The molecule has 2 aliphatic rings. The molecule has 4 amide bonds. The maximum Gasteiger partial charge on any atom is 0.408 e. The van der Waals surface area contributed by atoms with Crippen LogP contribution in [0.4, 0.5) is 4.79 Å². The van der Waals surface area contributed by atoms with Crippen LogP contribution in [0.5, 0.6) is 5.75 Å². The third-order valence-electron chi connectivity index (χ3n) is 9.29. The quantitative estimate of drug-likeness (QED) is 0.241. The molecule has 1 aliphatic carbocycles. The van der Waals surface area contributed by atoms with Crippen molar-refractivity contribution in [2.24, 2.45) is 11.3 Å². The van der Waals surface area contributed by atoms with Crippen LogP contribution < -0.4 is 20.1 Å². The second kappa shape index (κ2) is 14.7. The first kappa shape index (κ1) is 40.2. The third-order valence-corrected chi connectivity index (χ3v) is 10.7. The highest BCUT2D eigenvalue weighted by Gasteiger charge is 2.61. The summed E-state index contributed by atoms with van der Waals surface area (Å²) in [4.78, 5) is 61.4. The highest BCUT2D eigenvalue weighted by Crippen LogP contribution is 2.45. The smallest absolute Gasteiger partial charge is 0.408 e. The molecule has 17 heteroatoms. The fourth-order valence-corrected chi connectivity index (χ4v) is 6.88. The van der Waals surface area contributed by atoms with E-state index in [1.54, 1.807) is 54.5 Å². The van der Waals surface area contributed by atoms with E-state index in [4.69, 9.17) is 19.0 Å². The lowest BCUT2D eigenvalue weighted by molar-refractivity contribution is -0.143. The number of amides is 4. The van der Waals surface area contributed by atoms with E-state index in [9.17, 15) is 27.6 Å². The Morgan fingerprint density at radius 1 is 1.11 bits per heavy atom. The number of rotatable bonds is 11. The summed E-state index contributed by atoms with van der Waals surface area (Å²) in [6, 6.07) is 8.77. The van der Waals surface area contributed by atoms with Crippen LogP contribution >= 0.6 is 0 Å². The van der Waals surface area contributed by atoms with Gasteiger partial charge in [0.25, 0.3) is 5.91 Å². The van der Waals surface area contributed by atoms with Gasteiger partial charge in [0, 0.05) is 38.1 Å². The van der Waals surface area contributed by atoms with Gasteiger partial charge in [0.1, 0.15) is 40.5 Å². The molecule has 54 heavy (non-hydrogen) atoms. The molecule has 292 valence electrons. The zero-order valence-electron chi connectivity index (χ0n) is 32.1. The number of nitrogens with zero attached hydrogens (tertiary/aromatic N) is 4. The molecular formula is C37H49N7O9S. The predicted molar refractivity (Wildman–Crippen MR) is 199 cm³/mol. The minimum atomic E-state index is -4.19. The van der Waals surface area contributed by atoms with Crippen molar-refractivity contribution in [1.29, 1.82) is 0 Å². The van der Waals surface area contributed by atoms with Gasteiger partial charge in [-0.2, -0.15) is 12.7 Å². The van der Waals surface area contributed by atoms with Gasteiger partial charge in [-0.25, -0.2) is 14.5 Å². The van der Waals surface area contributed by atoms with Gasteiger partial charge >= 0.3 is 16.3 Å². The van der Waals surface area contributed by atoms with E-state index in [0.717, 1.165) is 9.87 Å². The molecule has 16 nitrogen and oxygen atoms in total. The van der Waals surface area contributed by atoms with Crippen LogP contribution in [0.1, 0.15) is 60.1 Å². The second-order valence-corrected chi connectivity index (χ2v) is 17.9. The first-order valence-electron chi connectivity index (χ1n) is 17.5. The predicted octanol–water partition coefficient (Wildman–Crippen LogP) is 3.47. The number of aromatic nitrogens is 2. The molecule has 2 fully saturated rings. The van der Waals surface area contributed by atoms with Crippen LogP contribution in [0.15, 0.2) is 53.6 Å². The number of alkyl carbamates (subject to hydrolysis) is 1. The molecule has 0 spiro atoms. The van der Waals surface area contributed by atoms with Crippen molar-refractivity contribution in [3.8, 4) is 17.0 Å². The number of nitrogens with one attached hydrogen (secondary N) is 3. The van der Waals surface area contributed by atoms with Gasteiger partial charge in [0.05, 0.1) is 12.2 Å². The molecule has 0 bridgehead atoms. The van der Waals surface area contributed by atoms with Gasteiger partial charge in [0.15, 0.2) is 5.75 Å². The Hall–Kier alpha value is -5.03. The van der Waals surface area contributed by atoms with Crippen molar-refractivity contribution >= 4 is 45.1 Å². The highest BCUT2D eigenvalue weighted by atomic mass is 32.2. The molecule has 5 rings (SSSR count). The lowest BCUT2D eigenvalue weighted by atomic mass is 9.85. The van der Waals surface area contributed by atoms with Gasteiger partial charge in [-0.3, -0.25) is 14.4 Å². The Morgan fingerprint density at radius 3 is 2.35 bits per heavy atom. The van der Waals surface area contributed by atoms with E-state index < -0.39 is 74.7 Å². The molecule has 3 N–H and O–H groups in total. The summed E-state index contributed by atoms with van der Waals surface area (Å²) in [6.45, 7) is 15.8. The standard InChI is InChI=1S/C37H49N7O9S/c1-11-23-19-37(23,33(47)42-54(49,50)43(9)10)40-31(45)26-17-24(20-44(26)32(46)30(35(3,4)5)39-34(48)52-36(6,7)8)51-27-18-25(22-15-13-12-14-16-22)38-28-21(2)41-53-29(27)28/h11-16,18,23-24,26,30H,1,17,19-20H2,2-10H3,(H,39,48)(H,40,45)(H,42,47)/t23-,24-,26-,30-,37-/m1/s1. The van der Waals surface area contributed by atoms with E-state index >= 15 is 0 Å². The summed E-state index contributed by atoms with van der Waals surface area (Å²) in [5.41, 5.74) is -0.634. The van der Waals surface area contributed by atoms with Crippen LogP contribution in [0, 0.1) is 18.3 Å². The molecule has 1 saturated heterocycles. The number of pyridine rings is 1. The SMILES string of the molecule is C=C[C@@H]1C[C@]1(NC(=O)[C@H]1C[C@@H](Oc2cc(-c3ccccc3)nc3c(C)noc23)CN1C(=O)[C@@H](NC(=O)OC(C)(C)C)C(C)(C)C)C(=O)NS(=O)(=O)N(C)C. The molecular weight excluding hydrogens is 719 g/mol. The number of fused-ring (bicyclic) bond motifs is 1. The number of hydrogen-bond donors (Lipinski definition) is 3. The van der Waals surface area contributed by atoms with Gasteiger partial charge < -0.3 is 29.5 Å².